The van der Waals surface area contributed by atoms with Gasteiger partial charge in [-0.15, -0.1) is 11.3 Å². The lowest BCUT2D eigenvalue weighted by molar-refractivity contribution is -0.137. The monoisotopic (exact) mass is 271 g/mol. The first-order valence-corrected chi connectivity index (χ1v) is 6.68. The van der Waals surface area contributed by atoms with Gasteiger partial charge in [-0.3, -0.25) is 4.79 Å². The number of urea groups is 1. The van der Waals surface area contributed by atoms with E-state index in [-0.39, 0.29) is 12.5 Å². The Morgan fingerprint density at radius 2 is 2.00 bits per heavy atom. The first-order valence-electron chi connectivity index (χ1n) is 5.80. The Hall–Kier alpha value is -1.63. The van der Waals surface area contributed by atoms with Crippen molar-refractivity contribution in [1.82, 2.24) is 15.6 Å². The molecule has 0 radical (unpaired) electrons. The minimum Gasteiger partial charge on any atom is -0.481 e. The fourth-order valence-electron chi connectivity index (χ4n) is 1.32. The number of aromatic nitrogens is 1. The minimum atomic E-state index is -0.847. The van der Waals surface area contributed by atoms with Crippen LogP contribution in [0.15, 0.2) is 11.6 Å². The largest absolute Gasteiger partial charge is 0.481 e. The number of carbonyl (C=O) groups is 2. The van der Waals surface area contributed by atoms with Crippen molar-refractivity contribution in [1.29, 1.82) is 0 Å². The average molecular weight is 271 g/mol. The molecule has 18 heavy (non-hydrogen) atoms. The number of carboxylic acids is 1. The molecule has 0 aliphatic carbocycles. The summed E-state index contributed by atoms with van der Waals surface area (Å²) in [5.74, 6) is -0.847. The first-order chi connectivity index (χ1) is 8.68. The van der Waals surface area contributed by atoms with Crippen molar-refractivity contribution in [3.63, 3.8) is 0 Å². The van der Waals surface area contributed by atoms with Gasteiger partial charge in [0.2, 0.25) is 0 Å². The van der Waals surface area contributed by atoms with Crippen molar-refractivity contribution < 1.29 is 14.7 Å². The van der Waals surface area contributed by atoms with E-state index in [4.69, 9.17) is 5.11 Å². The van der Waals surface area contributed by atoms with Crippen LogP contribution in [0.4, 0.5) is 4.79 Å². The van der Waals surface area contributed by atoms with E-state index in [0.29, 0.717) is 19.5 Å². The van der Waals surface area contributed by atoms with Crippen molar-refractivity contribution in [3.05, 3.63) is 16.6 Å². The molecule has 0 aromatic carbocycles. The van der Waals surface area contributed by atoms with Gasteiger partial charge in [-0.25, -0.2) is 9.78 Å². The van der Waals surface area contributed by atoms with Crippen LogP contribution in [-0.4, -0.2) is 35.2 Å². The van der Waals surface area contributed by atoms with E-state index in [1.165, 1.54) is 0 Å². The number of hydrogen-bond donors (Lipinski definition) is 3. The lowest BCUT2D eigenvalue weighted by Gasteiger charge is -2.06. The summed E-state index contributed by atoms with van der Waals surface area (Å²) in [6, 6.07) is -0.250. The summed E-state index contributed by atoms with van der Waals surface area (Å²) in [5, 5.41) is 16.7. The summed E-state index contributed by atoms with van der Waals surface area (Å²) in [6.07, 6.45) is 3.99. The van der Waals surface area contributed by atoms with Gasteiger partial charge >= 0.3 is 12.0 Å². The van der Waals surface area contributed by atoms with E-state index in [1.807, 2.05) is 5.38 Å². The third-order valence-electron chi connectivity index (χ3n) is 2.19. The number of carboxylic acid groups (broad SMARTS) is 1. The lowest BCUT2D eigenvalue weighted by atomic mass is 10.3. The highest BCUT2D eigenvalue weighted by Crippen LogP contribution is 2.05. The van der Waals surface area contributed by atoms with Gasteiger partial charge in [0.25, 0.3) is 0 Å². The van der Waals surface area contributed by atoms with E-state index in [1.54, 1.807) is 17.5 Å². The number of hydrogen-bond acceptors (Lipinski definition) is 4. The Bertz CT molecular complexity index is 368. The Kier molecular flexibility index (Phi) is 6.78. The van der Waals surface area contributed by atoms with Crippen LogP contribution in [0.2, 0.25) is 0 Å². The smallest absolute Gasteiger partial charge is 0.314 e. The van der Waals surface area contributed by atoms with E-state index in [9.17, 15) is 9.59 Å². The number of nitrogens with zero attached hydrogens (tertiary/aromatic N) is 1. The Balaban J connectivity index is 1.95. The van der Waals surface area contributed by atoms with Gasteiger partial charge in [-0.2, -0.15) is 0 Å². The fourth-order valence-corrected chi connectivity index (χ4v) is 1.98. The first kappa shape index (κ1) is 14.4. The topological polar surface area (TPSA) is 91.3 Å². The zero-order valence-electron chi connectivity index (χ0n) is 10.0. The molecule has 0 aliphatic rings. The van der Waals surface area contributed by atoms with Gasteiger partial charge in [-0.1, -0.05) is 0 Å². The van der Waals surface area contributed by atoms with Crippen LogP contribution in [0.25, 0.3) is 0 Å². The van der Waals surface area contributed by atoms with Crippen LogP contribution in [0, 0.1) is 0 Å². The molecule has 0 saturated carbocycles. The molecule has 2 amide bonds. The highest BCUT2D eigenvalue weighted by Gasteiger charge is 2.01. The molecular weight excluding hydrogens is 254 g/mol. The van der Waals surface area contributed by atoms with Crippen LogP contribution in [0.5, 0.6) is 0 Å². The minimum absolute atomic E-state index is 0.0737. The molecule has 3 N–H and O–H groups in total. The van der Waals surface area contributed by atoms with E-state index in [2.05, 4.69) is 15.6 Å². The summed E-state index contributed by atoms with van der Waals surface area (Å²) >= 11 is 1.61. The maximum atomic E-state index is 11.3. The third kappa shape index (κ3) is 6.85. The maximum absolute atomic E-state index is 11.3. The molecule has 0 aliphatic heterocycles. The van der Waals surface area contributed by atoms with Crippen LogP contribution in [0.1, 0.15) is 24.3 Å². The molecule has 0 spiro atoms. The van der Waals surface area contributed by atoms with Crippen molar-refractivity contribution in [2.75, 3.05) is 13.1 Å². The van der Waals surface area contributed by atoms with Gasteiger partial charge in [0.1, 0.15) is 0 Å². The van der Waals surface area contributed by atoms with Crippen molar-refractivity contribution in [3.8, 4) is 0 Å². The quantitative estimate of drug-likeness (QED) is 0.620. The highest BCUT2D eigenvalue weighted by atomic mass is 32.1. The Morgan fingerprint density at radius 3 is 2.61 bits per heavy atom. The SMILES string of the molecule is O=C(O)CCCNC(=O)NCCCc1nccs1. The average Bonchev–Trinajstić information content (AvgIpc) is 2.83. The Labute approximate surface area is 109 Å². The van der Waals surface area contributed by atoms with Gasteiger partial charge in [-0.05, 0) is 12.8 Å². The molecule has 0 saturated heterocycles. The zero-order chi connectivity index (χ0) is 13.2. The van der Waals surface area contributed by atoms with Crippen molar-refractivity contribution in [2.24, 2.45) is 0 Å². The highest BCUT2D eigenvalue weighted by molar-refractivity contribution is 7.09. The summed E-state index contributed by atoms with van der Waals surface area (Å²) in [6.45, 7) is 0.967. The van der Waals surface area contributed by atoms with Crippen molar-refractivity contribution in [2.45, 2.75) is 25.7 Å². The van der Waals surface area contributed by atoms with E-state index >= 15 is 0 Å². The normalized spacial score (nSPS) is 10.0. The van der Waals surface area contributed by atoms with Gasteiger partial charge < -0.3 is 15.7 Å². The summed E-state index contributed by atoms with van der Waals surface area (Å²) in [4.78, 5) is 25.6. The molecule has 100 valence electrons. The molecule has 0 unspecified atom stereocenters. The Morgan fingerprint density at radius 1 is 1.28 bits per heavy atom. The molecular formula is C11H17N3O3S. The number of carbonyl (C=O) groups excluding carboxylic acids is 1. The fraction of sp³-hybridized carbons (Fsp3) is 0.545. The van der Waals surface area contributed by atoms with Crippen LogP contribution >= 0.6 is 11.3 Å². The third-order valence-corrected chi connectivity index (χ3v) is 3.03. The predicted octanol–water partition coefficient (Wildman–Crippen LogP) is 1.24. The lowest BCUT2D eigenvalue weighted by Crippen LogP contribution is -2.36. The molecule has 1 aromatic heterocycles. The number of thiazole rings is 1. The predicted molar refractivity (Wildman–Crippen MR) is 68.7 cm³/mol. The molecule has 6 nitrogen and oxygen atoms in total. The van der Waals surface area contributed by atoms with Crippen LogP contribution in [0.3, 0.4) is 0 Å². The molecule has 7 heteroatoms. The van der Waals surface area contributed by atoms with Crippen molar-refractivity contribution >= 4 is 23.3 Å². The van der Waals surface area contributed by atoms with Gasteiger partial charge in [0.15, 0.2) is 0 Å². The molecule has 1 heterocycles. The number of aliphatic carboxylic acids is 1. The number of amides is 2. The molecule has 0 atom stereocenters. The second-order valence-electron chi connectivity index (χ2n) is 3.71. The number of rotatable bonds is 8. The second kappa shape index (κ2) is 8.46. The van der Waals surface area contributed by atoms with Gasteiger partial charge in [0.05, 0.1) is 5.01 Å². The number of aryl methyl sites for hydroxylation is 1. The summed E-state index contributed by atoms with van der Waals surface area (Å²) in [5.41, 5.74) is 0. The molecule has 0 fully saturated rings. The summed E-state index contributed by atoms with van der Waals surface area (Å²) < 4.78 is 0. The zero-order valence-corrected chi connectivity index (χ0v) is 10.8. The summed E-state index contributed by atoms with van der Waals surface area (Å²) in [7, 11) is 0. The van der Waals surface area contributed by atoms with Gasteiger partial charge in [0, 0.05) is 37.5 Å². The maximum Gasteiger partial charge on any atom is 0.314 e. The van der Waals surface area contributed by atoms with E-state index < -0.39 is 5.97 Å². The number of nitrogens with one attached hydrogen (secondary N) is 2. The van der Waals surface area contributed by atoms with E-state index in [0.717, 1.165) is 17.8 Å². The van der Waals surface area contributed by atoms with Crippen LogP contribution in [-0.2, 0) is 11.2 Å². The molecule has 1 aromatic rings. The standard InChI is InChI=1S/C11H17N3O3S/c15-10(16)4-2-6-14-11(17)13-5-1-3-9-12-7-8-18-9/h7-8H,1-6H2,(H,15,16)(H2,13,14,17). The second-order valence-corrected chi connectivity index (χ2v) is 4.69. The van der Waals surface area contributed by atoms with Crippen LogP contribution < -0.4 is 10.6 Å². The molecule has 0 bridgehead atoms. The molecule has 1 rings (SSSR count).